The SMILES string of the molecule is COC(=O)c1ccc(O[C@H](COC(=O)[C@](OC)(c2ccccc2)C(F)(F)F)[C@@H](OC(=O)[C@](OC)(c2ccccc2)C(F)(F)F)c2ccc(OC)c(OC)c2)c(OC)c1. The van der Waals surface area contributed by atoms with Crippen LogP contribution in [0.3, 0.4) is 0 Å². The molecule has 0 aliphatic heterocycles. The summed E-state index contributed by atoms with van der Waals surface area (Å²) in [5, 5.41) is 0. The fourth-order valence-electron chi connectivity index (χ4n) is 5.98. The fourth-order valence-corrected chi connectivity index (χ4v) is 5.98. The van der Waals surface area contributed by atoms with E-state index in [1.807, 2.05) is 0 Å². The van der Waals surface area contributed by atoms with Crippen LogP contribution in [0, 0.1) is 0 Å². The molecule has 0 spiro atoms. The smallest absolute Gasteiger partial charge is 0.432 e. The Morgan fingerprint density at radius 3 is 1.52 bits per heavy atom. The van der Waals surface area contributed by atoms with E-state index in [0.717, 1.165) is 50.6 Å². The van der Waals surface area contributed by atoms with Crippen LogP contribution in [-0.2, 0) is 44.5 Å². The van der Waals surface area contributed by atoms with Crippen molar-refractivity contribution in [3.63, 3.8) is 0 Å². The average Bonchev–Trinajstić information content (AvgIpc) is 3.21. The van der Waals surface area contributed by atoms with Crippen molar-refractivity contribution in [3.8, 4) is 23.0 Å². The Kier molecular flexibility index (Phi) is 14.3. The molecule has 0 saturated carbocycles. The van der Waals surface area contributed by atoms with E-state index in [2.05, 4.69) is 0 Å². The first-order chi connectivity index (χ1) is 27.5. The zero-order chi connectivity index (χ0) is 42.9. The summed E-state index contributed by atoms with van der Waals surface area (Å²) in [6.07, 6.45) is -15.0. The molecular weight excluding hydrogens is 786 g/mol. The zero-order valence-corrected chi connectivity index (χ0v) is 31.8. The highest BCUT2D eigenvalue weighted by molar-refractivity contribution is 5.90. The van der Waals surface area contributed by atoms with Crippen molar-refractivity contribution in [1.82, 2.24) is 0 Å². The van der Waals surface area contributed by atoms with E-state index >= 15 is 13.2 Å². The minimum Gasteiger partial charge on any atom is -0.493 e. The lowest BCUT2D eigenvalue weighted by atomic mass is 9.92. The third-order valence-electron chi connectivity index (χ3n) is 8.90. The zero-order valence-electron chi connectivity index (χ0n) is 31.8. The number of esters is 3. The molecule has 0 aliphatic rings. The predicted molar refractivity (Wildman–Crippen MR) is 190 cm³/mol. The molecule has 58 heavy (non-hydrogen) atoms. The molecule has 0 heterocycles. The van der Waals surface area contributed by atoms with Crippen molar-refractivity contribution in [1.29, 1.82) is 0 Å². The highest BCUT2D eigenvalue weighted by atomic mass is 19.4. The molecule has 0 saturated heterocycles. The van der Waals surface area contributed by atoms with Crippen LogP contribution < -0.4 is 18.9 Å². The summed E-state index contributed by atoms with van der Waals surface area (Å²) in [4.78, 5) is 40.2. The molecule has 0 unspecified atom stereocenters. The van der Waals surface area contributed by atoms with E-state index in [0.29, 0.717) is 14.2 Å². The largest absolute Gasteiger partial charge is 0.493 e. The Balaban J connectivity index is 1.96. The maximum Gasteiger partial charge on any atom is 0.432 e. The molecule has 0 aliphatic carbocycles. The lowest BCUT2D eigenvalue weighted by Crippen LogP contribution is -2.53. The van der Waals surface area contributed by atoms with Crippen LogP contribution in [0.25, 0.3) is 0 Å². The summed E-state index contributed by atoms with van der Waals surface area (Å²) >= 11 is 0. The standard InChI is InChI=1S/C40H38F6O12/c1-50-28-19-17-24(21-30(28)51-2)33(58-36(49)38(55-6,40(44,45)46)27-15-11-8-12-16-27)32(57-29-20-18-25(34(47)53-4)22-31(29)52-3)23-56-35(48)37(54-5,39(41,42)43)26-13-9-7-10-14-26/h7-22,32-33H,23H2,1-6H3/t32-,33+,37-,38-/m1/s1. The van der Waals surface area contributed by atoms with Crippen LogP contribution in [0.1, 0.15) is 33.2 Å². The maximum absolute atomic E-state index is 15.1. The molecule has 18 heteroatoms. The molecule has 4 atom stereocenters. The first-order valence-corrected chi connectivity index (χ1v) is 16.9. The number of benzene rings is 4. The fraction of sp³-hybridized carbons (Fsp3) is 0.325. The van der Waals surface area contributed by atoms with Gasteiger partial charge in [0.05, 0.1) is 34.0 Å². The van der Waals surface area contributed by atoms with Crippen LogP contribution in [0.15, 0.2) is 97.1 Å². The molecule has 0 fully saturated rings. The van der Waals surface area contributed by atoms with Crippen molar-refractivity contribution >= 4 is 17.9 Å². The van der Waals surface area contributed by atoms with E-state index in [4.69, 9.17) is 42.6 Å². The first-order valence-electron chi connectivity index (χ1n) is 16.9. The number of rotatable bonds is 17. The Morgan fingerprint density at radius 1 is 0.569 bits per heavy atom. The summed E-state index contributed by atoms with van der Waals surface area (Å²) in [5.41, 5.74) is -9.10. The van der Waals surface area contributed by atoms with Crippen LogP contribution >= 0.6 is 0 Å². The van der Waals surface area contributed by atoms with Gasteiger partial charge in [-0.1, -0.05) is 66.7 Å². The number of halogens is 6. The van der Waals surface area contributed by atoms with Crippen molar-refractivity contribution in [3.05, 3.63) is 119 Å². The van der Waals surface area contributed by atoms with Gasteiger partial charge in [0.25, 0.3) is 11.2 Å². The summed E-state index contributed by atoms with van der Waals surface area (Å²) in [6.45, 7) is -1.25. The Hall–Kier alpha value is -6.01. The summed E-state index contributed by atoms with van der Waals surface area (Å²) < 4.78 is 138. The van der Waals surface area contributed by atoms with Gasteiger partial charge in [-0.2, -0.15) is 26.3 Å². The number of hydrogen-bond acceptors (Lipinski definition) is 12. The maximum atomic E-state index is 15.1. The van der Waals surface area contributed by atoms with Crippen LogP contribution in [0.2, 0.25) is 0 Å². The van der Waals surface area contributed by atoms with Crippen LogP contribution in [0.4, 0.5) is 26.3 Å². The van der Waals surface area contributed by atoms with Gasteiger partial charge in [-0.05, 0) is 30.3 Å². The average molecular weight is 825 g/mol. The second kappa shape index (κ2) is 18.5. The highest BCUT2D eigenvalue weighted by Crippen LogP contribution is 2.46. The van der Waals surface area contributed by atoms with Gasteiger partial charge in [-0.3, -0.25) is 0 Å². The van der Waals surface area contributed by atoms with Crippen molar-refractivity contribution in [2.45, 2.75) is 35.8 Å². The normalized spacial score (nSPS) is 14.8. The van der Waals surface area contributed by atoms with Crippen LogP contribution in [0.5, 0.6) is 23.0 Å². The van der Waals surface area contributed by atoms with Gasteiger partial charge in [0, 0.05) is 30.9 Å². The number of methoxy groups -OCH3 is 6. The molecule has 0 aromatic heterocycles. The van der Waals surface area contributed by atoms with Gasteiger partial charge < -0.3 is 42.6 Å². The number of hydrogen-bond donors (Lipinski definition) is 0. The van der Waals surface area contributed by atoms with Crippen molar-refractivity contribution in [2.75, 3.05) is 49.3 Å². The molecule has 4 aromatic carbocycles. The Bertz CT molecular complexity index is 2030. The molecule has 0 bridgehead atoms. The lowest BCUT2D eigenvalue weighted by molar-refractivity contribution is -0.280. The topological polar surface area (TPSA) is 134 Å². The third-order valence-corrected chi connectivity index (χ3v) is 8.90. The summed E-state index contributed by atoms with van der Waals surface area (Å²) in [7, 11) is 6.04. The Labute approximate surface area is 328 Å². The predicted octanol–water partition coefficient (Wildman–Crippen LogP) is 7.28. The van der Waals surface area contributed by atoms with Gasteiger partial charge in [0.15, 0.2) is 35.2 Å². The van der Waals surface area contributed by atoms with E-state index in [1.165, 1.54) is 74.9 Å². The Morgan fingerprint density at radius 2 is 1.05 bits per heavy atom. The van der Waals surface area contributed by atoms with Gasteiger partial charge in [0.2, 0.25) is 0 Å². The van der Waals surface area contributed by atoms with Crippen LogP contribution in [-0.4, -0.2) is 85.6 Å². The molecule has 0 radical (unpaired) electrons. The summed E-state index contributed by atoms with van der Waals surface area (Å²) in [6, 6.07) is 18.8. The monoisotopic (exact) mass is 824 g/mol. The number of carbonyl (C=O) groups is 3. The highest BCUT2D eigenvalue weighted by Gasteiger charge is 2.66. The molecular formula is C40H38F6O12. The van der Waals surface area contributed by atoms with Gasteiger partial charge in [-0.15, -0.1) is 0 Å². The van der Waals surface area contributed by atoms with E-state index in [1.54, 1.807) is 0 Å². The molecule has 0 N–H and O–H groups in total. The van der Waals surface area contributed by atoms with Gasteiger partial charge in [0.1, 0.15) is 6.61 Å². The van der Waals surface area contributed by atoms with E-state index < -0.39 is 71.4 Å². The lowest BCUT2D eigenvalue weighted by Gasteiger charge is -2.36. The molecule has 0 amide bonds. The second-order valence-electron chi connectivity index (χ2n) is 12.1. The van der Waals surface area contributed by atoms with Gasteiger partial charge >= 0.3 is 30.3 Å². The number of alkyl halides is 6. The number of carbonyl (C=O) groups excluding carboxylic acids is 3. The number of ether oxygens (including phenoxy) is 9. The van der Waals surface area contributed by atoms with Crippen molar-refractivity contribution in [2.24, 2.45) is 0 Å². The van der Waals surface area contributed by atoms with E-state index in [9.17, 15) is 27.6 Å². The molecule has 4 rings (SSSR count). The van der Waals surface area contributed by atoms with Gasteiger partial charge in [-0.25, -0.2) is 14.4 Å². The third kappa shape index (κ3) is 8.77. The molecule has 4 aromatic rings. The molecule has 12 nitrogen and oxygen atoms in total. The quantitative estimate of drug-likeness (QED) is 0.0602. The van der Waals surface area contributed by atoms with Crippen molar-refractivity contribution < 1.29 is 83.4 Å². The summed E-state index contributed by atoms with van der Waals surface area (Å²) in [5.74, 6) is -5.29. The second-order valence-corrected chi connectivity index (χ2v) is 12.1. The van der Waals surface area contributed by atoms with E-state index in [-0.39, 0.29) is 34.1 Å². The molecule has 312 valence electrons. The minimum atomic E-state index is -5.47. The first kappa shape index (κ1) is 44.7. The minimum absolute atomic E-state index is 0.0340.